The summed E-state index contributed by atoms with van der Waals surface area (Å²) in [6.07, 6.45) is 2.29. The summed E-state index contributed by atoms with van der Waals surface area (Å²) >= 11 is 0. The second-order valence-electron chi connectivity index (χ2n) is 8.07. The van der Waals surface area contributed by atoms with E-state index in [0.29, 0.717) is 23.8 Å². The first kappa shape index (κ1) is 21.4. The Labute approximate surface area is 140 Å². The third-order valence-corrected chi connectivity index (χ3v) is 5.20. The Balaban J connectivity index is 4.40. The van der Waals surface area contributed by atoms with Crippen molar-refractivity contribution in [3.63, 3.8) is 0 Å². The third-order valence-electron chi connectivity index (χ3n) is 3.28. The molecule has 132 valence electrons. The molecule has 0 radical (unpaired) electrons. The zero-order valence-corrected chi connectivity index (χ0v) is 16.7. The maximum Gasteiger partial charge on any atom is 0.191 e. The minimum Gasteiger partial charge on any atom is -0.357 e. The van der Waals surface area contributed by atoms with Crippen molar-refractivity contribution in [2.24, 2.45) is 10.4 Å². The van der Waals surface area contributed by atoms with Crippen molar-refractivity contribution in [2.75, 3.05) is 18.8 Å². The number of hydrogen-bond acceptors (Lipinski definition) is 2. The zero-order valence-electron chi connectivity index (χ0n) is 15.9. The minimum atomic E-state index is -0.848. The number of guanidine groups is 1. The number of nitrogens with one attached hydrogen (secondary N) is 2. The van der Waals surface area contributed by atoms with E-state index in [0.717, 1.165) is 18.9 Å². The fourth-order valence-corrected chi connectivity index (χ4v) is 2.69. The lowest BCUT2D eigenvalue weighted by Gasteiger charge is -2.23. The monoisotopic (exact) mass is 331 g/mol. The molecule has 2 atom stereocenters. The molecule has 0 amide bonds. The van der Waals surface area contributed by atoms with Gasteiger partial charge in [0.1, 0.15) is 0 Å². The molecule has 0 saturated carbocycles. The van der Waals surface area contributed by atoms with Gasteiger partial charge in [-0.1, -0.05) is 20.8 Å². The fraction of sp³-hybridized carbons (Fsp3) is 0.941. The van der Waals surface area contributed by atoms with E-state index in [-0.39, 0.29) is 4.75 Å². The van der Waals surface area contributed by atoms with Crippen molar-refractivity contribution in [1.29, 1.82) is 0 Å². The average Bonchev–Trinajstić information content (AvgIpc) is 2.34. The van der Waals surface area contributed by atoms with Crippen LogP contribution >= 0.6 is 0 Å². The molecule has 0 bridgehead atoms. The van der Waals surface area contributed by atoms with E-state index in [2.05, 4.69) is 50.2 Å². The molecule has 2 unspecified atom stereocenters. The van der Waals surface area contributed by atoms with Crippen molar-refractivity contribution in [3.8, 4) is 0 Å². The van der Waals surface area contributed by atoms with Gasteiger partial charge in [-0.15, -0.1) is 0 Å². The molecule has 0 aliphatic heterocycles. The van der Waals surface area contributed by atoms with Gasteiger partial charge >= 0.3 is 0 Å². The van der Waals surface area contributed by atoms with Crippen molar-refractivity contribution >= 4 is 16.8 Å². The highest BCUT2D eigenvalue weighted by Gasteiger charge is 2.18. The highest BCUT2D eigenvalue weighted by Crippen LogP contribution is 2.21. The molecule has 5 heteroatoms. The standard InChI is InChI=1S/C17H37N3OS/c1-9-18-15(19-12-13-22(21)17(6,7)8)20-14(2)10-11-16(3,4)5/h14H,9-13H2,1-8H3,(H2,18,19,20). The normalized spacial score (nSPS) is 16.3. The SMILES string of the molecule is CCNC(=NCCS(=O)C(C)(C)C)NC(C)CCC(C)(C)C. The van der Waals surface area contributed by atoms with Crippen LogP contribution < -0.4 is 10.6 Å². The number of hydrogen-bond donors (Lipinski definition) is 2. The molecule has 0 heterocycles. The Morgan fingerprint density at radius 2 is 1.77 bits per heavy atom. The minimum absolute atomic E-state index is 0.165. The van der Waals surface area contributed by atoms with Crippen LogP contribution in [0.2, 0.25) is 0 Å². The van der Waals surface area contributed by atoms with Gasteiger partial charge < -0.3 is 10.6 Å². The van der Waals surface area contributed by atoms with E-state index >= 15 is 0 Å². The van der Waals surface area contributed by atoms with Crippen LogP contribution in [0.3, 0.4) is 0 Å². The molecular weight excluding hydrogens is 294 g/mol. The smallest absolute Gasteiger partial charge is 0.191 e. The van der Waals surface area contributed by atoms with Crippen LogP contribution in [0.5, 0.6) is 0 Å². The summed E-state index contributed by atoms with van der Waals surface area (Å²) < 4.78 is 11.9. The Morgan fingerprint density at radius 1 is 1.18 bits per heavy atom. The largest absolute Gasteiger partial charge is 0.357 e. The van der Waals surface area contributed by atoms with Gasteiger partial charge in [-0.3, -0.25) is 9.20 Å². The first-order valence-electron chi connectivity index (χ1n) is 8.39. The molecule has 0 aromatic rings. The molecule has 2 N–H and O–H groups in total. The van der Waals surface area contributed by atoms with E-state index in [9.17, 15) is 4.21 Å². The van der Waals surface area contributed by atoms with Crippen molar-refractivity contribution in [3.05, 3.63) is 0 Å². The Kier molecular flexibility index (Phi) is 9.28. The second-order valence-corrected chi connectivity index (χ2v) is 10.4. The van der Waals surface area contributed by atoms with E-state index in [1.807, 2.05) is 20.8 Å². The molecule has 0 aromatic carbocycles. The lowest BCUT2D eigenvalue weighted by Crippen LogP contribution is -2.42. The maximum atomic E-state index is 12.0. The molecule has 22 heavy (non-hydrogen) atoms. The van der Waals surface area contributed by atoms with E-state index in [1.54, 1.807) is 0 Å². The first-order valence-corrected chi connectivity index (χ1v) is 9.71. The maximum absolute atomic E-state index is 12.0. The van der Waals surface area contributed by atoms with Crippen molar-refractivity contribution < 1.29 is 4.21 Å². The Bertz CT molecular complexity index is 367. The highest BCUT2D eigenvalue weighted by atomic mass is 32.2. The quantitative estimate of drug-likeness (QED) is 0.556. The highest BCUT2D eigenvalue weighted by molar-refractivity contribution is 7.86. The van der Waals surface area contributed by atoms with Crippen LogP contribution in [-0.4, -0.2) is 39.8 Å². The number of aliphatic imine (C=N–C) groups is 1. The lowest BCUT2D eigenvalue weighted by molar-refractivity contribution is 0.346. The Morgan fingerprint density at radius 3 is 2.23 bits per heavy atom. The molecule has 0 saturated heterocycles. The third kappa shape index (κ3) is 11.0. The average molecular weight is 332 g/mol. The topological polar surface area (TPSA) is 53.5 Å². The van der Waals surface area contributed by atoms with Crippen LogP contribution in [-0.2, 0) is 10.8 Å². The summed E-state index contributed by atoms with van der Waals surface area (Å²) in [5.41, 5.74) is 0.356. The predicted octanol–water partition coefficient (Wildman–Crippen LogP) is 3.30. The van der Waals surface area contributed by atoms with Gasteiger partial charge in [-0.05, 0) is 52.9 Å². The summed E-state index contributed by atoms with van der Waals surface area (Å²) in [5, 5.41) is 6.71. The van der Waals surface area contributed by atoms with Crippen LogP contribution in [0.15, 0.2) is 4.99 Å². The van der Waals surface area contributed by atoms with Gasteiger partial charge in [0.15, 0.2) is 5.96 Å². The van der Waals surface area contributed by atoms with Gasteiger partial charge in [0, 0.05) is 33.9 Å². The predicted molar refractivity (Wildman–Crippen MR) is 100 cm³/mol. The van der Waals surface area contributed by atoms with Crippen molar-refractivity contribution in [2.45, 2.75) is 79.0 Å². The molecule has 0 aliphatic rings. The first-order chi connectivity index (χ1) is 9.95. The van der Waals surface area contributed by atoms with Crippen LogP contribution in [0.4, 0.5) is 0 Å². The summed E-state index contributed by atoms with van der Waals surface area (Å²) in [6, 6.07) is 0.380. The molecule has 0 aliphatic carbocycles. The summed E-state index contributed by atoms with van der Waals surface area (Å²) in [6.45, 7) is 18.5. The summed E-state index contributed by atoms with van der Waals surface area (Å²) in [5.74, 6) is 1.44. The van der Waals surface area contributed by atoms with E-state index in [1.165, 1.54) is 6.42 Å². The molecule has 0 rings (SSSR count). The van der Waals surface area contributed by atoms with Gasteiger partial charge in [-0.2, -0.15) is 0 Å². The molecule has 4 nitrogen and oxygen atoms in total. The fourth-order valence-electron chi connectivity index (χ4n) is 1.82. The molecule has 0 spiro atoms. The summed E-state index contributed by atoms with van der Waals surface area (Å²) in [4.78, 5) is 4.55. The van der Waals surface area contributed by atoms with Gasteiger partial charge in [0.2, 0.25) is 0 Å². The molecular formula is C17H37N3OS. The molecule has 0 aromatic heterocycles. The van der Waals surface area contributed by atoms with Crippen LogP contribution in [0, 0.1) is 5.41 Å². The zero-order chi connectivity index (χ0) is 17.4. The number of rotatable bonds is 7. The van der Waals surface area contributed by atoms with Gasteiger partial charge in [0.05, 0.1) is 6.54 Å². The van der Waals surface area contributed by atoms with Gasteiger partial charge in [-0.25, -0.2) is 0 Å². The second kappa shape index (κ2) is 9.53. The summed E-state index contributed by atoms with van der Waals surface area (Å²) in [7, 11) is -0.848. The lowest BCUT2D eigenvalue weighted by atomic mass is 9.89. The van der Waals surface area contributed by atoms with Crippen LogP contribution in [0.1, 0.15) is 68.2 Å². The van der Waals surface area contributed by atoms with E-state index in [4.69, 9.17) is 0 Å². The van der Waals surface area contributed by atoms with Crippen molar-refractivity contribution in [1.82, 2.24) is 10.6 Å². The van der Waals surface area contributed by atoms with Crippen LogP contribution in [0.25, 0.3) is 0 Å². The molecule has 0 fully saturated rings. The van der Waals surface area contributed by atoms with Gasteiger partial charge in [0.25, 0.3) is 0 Å². The number of nitrogens with zero attached hydrogens (tertiary/aromatic N) is 1. The van der Waals surface area contributed by atoms with E-state index < -0.39 is 10.8 Å². The Hall–Kier alpha value is -0.580.